The van der Waals surface area contributed by atoms with Gasteiger partial charge in [0, 0.05) is 39.6 Å². The highest BCUT2D eigenvalue weighted by Gasteiger charge is 2.38. The topological polar surface area (TPSA) is 115 Å². The van der Waals surface area contributed by atoms with Crippen molar-refractivity contribution in [2.75, 3.05) is 15.6 Å². The summed E-state index contributed by atoms with van der Waals surface area (Å²) in [6, 6.07) is 32.5. The maximum absolute atomic E-state index is 14.4. The number of non-ortho nitro benzene ring substituents is 1. The monoisotopic (exact) mass is 833 g/mol. The van der Waals surface area contributed by atoms with Crippen LogP contribution in [0, 0.1) is 10.1 Å². The molecule has 3 N–H and O–H groups in total. The highest BCUT2D eigenvalue weighted by atomic mass is 79.9. The number of hydrazine groups is 1. The molecule has 252 valence electrons. The van der Waals surface area contributed by atoms with E-state index in [1.165, 1.54) is 6.07 Å². The van der Waals surface area contributed by atoms with Gasteiger partial charge in [-0.05, 0) is 69.5 Å². The van der Waals surface area contributed by atoms with Gasteiger partial charge < -0.3 is 10.6 Å². The fraction of sp³-hybridized carbons (Fsp3) is 0.111. The van der Waals surface area contributed by atoms with Gasteiger partial charge in [-0.2, -0.15) is 5.10 Å². The zero-order chi connectivity index (χ0) is 34.9. The number of carbonyl (C=O) groups excluding carboxylic acids is 1. The second kappa shape index (κ2) is 14.3. The van der Waals surface area contributed by atoms with E-state index in [4.69, 9.17) is 28.3 Å². The zero-order valence-electron chi connectivity index (χ0n) is 26.0. The van der Waals surface area contributed by atoms with Crippen molar-refractivity contribution in [3.8, 4) is 0 Å². The number of nitrogens with one attached hydrogen (secondary N) is 3. The molecule has 14 heteroatoms. The number of nitro benzene ring substituents is 1. The third-order valence-corrected chi connectivity index (χ3v) is 10.1. The number of amides is 1. The molecule has 0 saturated heterocycles. The summed E-state index contributed by atoms with van der Waals surface area (Å²) in [5, 5.41) is 27.9. The molecule has 0 bridgehead atoms. The molecule has 5 aromatic carbocycles. The van der Waals surface area contributed by atoms with Crippen LogP contribution < -0.4 is 21.1 Å². The number of hydrogen-bond donors (Lipinski definition) is 3. The van der Waals surface area contributed by atoms with Crippen LogP contribution >= 0.6 is 55.1 Å². The molecular formula is C36H27Br2Cl2N7O3. The smallest absolute Gasteiger partial charge is 0.276 e. The first-order valence-corrected chi connectivity index (χ1v) is 17.8. The minimum atomic E-state index is -0.582. The third-order valence-electron chi connectivity index (χ3n) is 8.43. The van der Waals surface area contributed by atoms with E-state index in [-0.39, 0.29) is 17.6 Å². The van der Waals surface area contributed by atoms with Crippen molar-refractivity contribution in [2.45, 2.75) is 25.0 Å². The molecule has 2 heterocycles. The van der Waals surface area contributed by atoms with E-state index in [0.717, 1.165) is 31.4 Å². The normalized spacial score (nSPS) is 16.8. The number of benzene rings is 5. The first-order valence-electron chi connectivity index (χ1n) is 15.5. The Balaban J connectivity index is 1.25. The Morgan fingerprint density at radius 3 is 2.40 bits per heavy atom. The number of halogens is 4. The molecule has 7 rings (SSSR count). The van der Waals surface area contributed by atoms with Crippen molar-refractivity contribution in [3.05, 3.63) is 155 Å². The van der Waals surface area contributed by atoms with Crippen molar-refractivity contribution in [3.63, 3.8) is 0 Å². The van der Waals surface area contributed by atoms with Gasteiger partial charge >= 0.3 is 0 Å². The van der Waals surface area contributed by atoms with Gasteiger partial charge in [0.05, 0.1) is 43.6 Å². The van der Waals surface area contributed by atoms with E-state index in [9.17, 15) is 14.9 Å². The lowest BCUT2D eigenvalue weighted by atomic mass is 10.0. The highest BCUT2D eigenvalue weighted by molar-refractivity contribution is 9.11. The van der Waals surface area contributed by atoms with Crippen LogP contribution in [-0.2, 0) is 6.42 Å². The van der Waals surface area contributed by atoms with E-state index in [1.54, 1.807) is 41.4 Å². The van der Waals surface area contributed by atoms with Crippen molar-refractivity contribution in [2.24, 2.45) is 5.10 Å². The molecule has 0 radical (unpaired) electrons. The Bertz CT molecular complexity index is 2130. The molecule has 2 unspecified atom stereocenters. The molecule has 10 nitrogen and oxygen atoms in total. The molecule has 2 aliphatic heterocycles. The largest absolute Gasteiger partial charge is 0.362 e. The molecule has 2 atom stereocenters. The predicted octanol–water partition coefficient (Wildman–Crippen LogP) is 10.1. The van der Waals surface area contributed by atoms with Crippen LogP contribution in [-0.4, -0.2) is 27.8 Å². The summed E-state index contributed by atoms with van der Waals surface area (Å²) < 4.78 is 1.47. The van der Waals surface area contributed by atoms with Crippen molar-refractivity contribution < 1.29 is 9.72 Å². The van der Waals surface area contributed by atoms with Crippen LogP contribution in [0.4, 0.5) is 28.4 Å². The Morgan fingerprint density at radius 2 is 1.64 bits per heavy atom. The maximum atomic E-state index is 14.4. The fourth-order valence-corrected chi connectivity index (χ4v) is 7.91. The average Bonchev–Trinajstić information content (AvgIpc) is 3.54. The number of para-hydroxylation sites is 3. The lowest BCUT2D eigenvalue weighted by Crippen LogP contribution is -2.58. The van der Waals surface area contributed by atoms with Gasteiger partial charge in [-0.1, -0.05) is 93.7 Å². The average molecular weight is 836 g/mol. The lowest BCUT2D eigenvalue weighted by Gasteiger charge is -2.39. The SMILES string of the molecule is O=C1c2cc(Br)cc(Br)c2NC(Cc2ccccc2Nc2c(Cl)cccc2Cl)N1NC1=NN(c2ccccc2)C(c2cccc([N+](=O)[O-])c2)C1. The second-order valence-electron chi connectivity index (χ2n) is 11.6. The Labute approximate surface area is 314 Å². The van der Waals surface area contributed by atoms with E-state index >= 15 is 0 Å². The summed E-state index contributed by atoms with van der Waals surface area (Å²) in [6.07, 6.45) is 0.141. The van der Waals surface area contributed by atoms with Gasteiger partial charge in [0.2, 0.25) is 0 Å². The maximum Gasteiger partial charge on any atom is 0.276 e. The molecule has 5 aromatic rings. The number of hydrogen-bond acceptors (Lipinski definition) is 8. The first kappa shape index (κ1) is 33.9. The summed E-state index contributed by atoms with van der Waals surface area (Å²) in [7, 11) is 0. The molecule has 2 aliphatic rings. The number of fused-ring (bicyclic) bond motifs is 1. The van der Waals surface area contributed by atoms with E-state index in [2.05, 4.69) is 47.9 Å². The van der Waals surface area contributed by atoms with Crippen LogP contribution in [0.2, 0.25) is 10.0 Å². The van der Waals surface area contributed by atoms with Gasteiger partial charge in [-0.25, -0.2) is 5.01 Å². The number of rotatable bonds is 8. The second-order valence-corrected chi connectivity index (χ2v) is 14.2. The third kappa shape index (κ3) is 6.88. The Kier molecular flexibility index (Phi) is 9.69. The lowest BCUT2D eigenvalue weighted by molar-refractivity contribution is -0.384. The quantitative estimate of drug-likeness (QED) is 0.105. The van der Waals surface area contributed by atoms with Gasteiger partial charge in [0.25, 0.3) is 11.6 Å². The molecular weight excluding hydrogens is 809 g/mol. The molecule has 1 amide bonds. The van der Waals surface area contributed by atoms with Gasteiger partial charge in [-0.15, -0.1) is 0 Å². The number of hydrazone groups is 1. The summed E-state index contributed by atoms with van der Waals surface area (Å²) in [5.41, 5.74) is 8.23. The number of nitro groups is 1. The Hall–Kier alpha value is -4.62. The van der Waals surface area contributed by atoms with Crippen molar-refractivity contribution in [1.29, 1.82) is 0 Å². The first-order chi connectivity index (χ1) is 24.2. The molecule has 0 saturated carbocycles. The van der Waals surface area contributed by atoms with Crippen LogP contribution in [0.1, 0.15) is 33.9 Å². The van der Waals surface area contributed by atoms with Gasteiger partial charge in [-0.3, -0.25) is 25.3 Å². The summed E-state index contributed by atoms with van der Waals surface area (Å²) >= 11 is 20.2. The van der Waals surface area contributed by atoms with Crippen LogP contribution in [0.5, 0.6) is 0 Å². The van der Waals surface area contributed by atoms with Gasteiger partial charge in [0.15, 0.2) is 0 Å². The van der Waals surface area contributed by atoms with Crippen LogP contribution in [0.15, 0.2) is 123 Å². The van der Waals surface area contributed by atoms with Crippen LogP contribution in [0.3, 0.4) is 0 Å². The Morgan fingerprint density at radius 1 is 0.920 bits per heavy atom. The number of nitrogens with zero attached hydrogens (tertiary/aromatic N) is 4. The molecule has 0 spiro atoms. The van der Waals surface area contributed by atoms with E-state index < -0.39 is 11.1 Å². The fourth-order valence-electron chi connectivity index (χ4n) is 6.08. The van der Waals surface area contributed by atoms with E-state index in [0.29, 0.717) is 45.7 Å². The molecule has 0 aromatic heterocycles. The van der Waals surface area contributed by atoms with Crippen molar-refractivity contribution >= 4 is 95.2 Å². The number of amidine groups is 1. The van der Waals surface area contributed by atoms with E-state index in [1.807, 2.05) is 71.7 Å². The van der Waals surface area contributed by atoms with Gasteiger partial charge in [0.1, 0.15) is 12.0 Å². The number of carbonyl (C=O) groups is 1. The predicted molar refractivity (Wildman–Crippen MR) is 205 cm³/mol. The van der Waals surface area contributed by atoms with Crippen molar-refractivity contribution in [1.82, 2.24) is 10.4 Å². The minimum absolute atomic E-state index is 0.00879. The molecule has 50 heavy (non-hydrogen) atoms. The highest BCUT2D eigenvalue weighted by Crippen LogP contribution is 2.39. The molecule has 0 fully saturated rings. The zero-order valence-corrected chi connectivity index (χ0v) is 30.7. The standard InChI is InChI=1S/C36H27Br2Cl2N7O3/c37-23-18-26-34(27(38)19-23)42-33(17-21-8-4-5-15-30(21)41-35-28(39)13-7-14-29(35)40)46(36(26)48)44-32-20-31(22-9-6-12-25(16-22)47(49)50)45(43-32)24-10-2-1-3-11-24/h1-16,18-19,31,33,41-42H,17,20H2,(H,43,44). The summed E-state index contributed by atoms with van der Waals surface area (Å²) in [4.78, 5) is 25.6. The number of anilines is 4. The van der Waals surface area contributed by atoms with Crippen LogP contribution in [0.25, 0.3) is 0 Å². The molecule has 0 aliphatic carbocycles. The summed E-state index contributed by atoms with van der Waals surface area (Å²) in [6.45, 7) is 0. The summed E-state index contributed by atoms with van der Waals surface area (Å²) in [5.74, 6) is 0.246. The minimum Gasteiger partial charge on any atom is -0.362 e.